The highest BCUT2D eigenvalue weighted by molar-refractivity contribution is 5.96. The van der Waals surface area contributed by atoms with Crippen molar-refractivity contribution in [1.29, 1.82) is 0 Å². The predicted octanol–water partition coefficient (Wildman–Crippen LogP) is 3.04. The standard InChI is InChI=1S/C23H34N2O3/c1-19-6-8-20(9-7-19)21(27)5-2-13-24-14-3-11-23(17-24)12-10-22(28)25(18-23)15-4-16-26/h6-9,26H,2-5,10-18H2,1H3/t23-/m0/s1. The van der Waals surface area contributed by atoms with Gasteiger partial charge in [-0.05, 0) is 52.1 Å². The molecule has 2 aliphatic rings. The highest BCUT2D eigenvalue weighted by atomic mass is 16.3. The molecule has 5 heteroatoms. The van der Waals surface area contributed by atoms with Crippen LogP contribution in [0.5, 0.6) is 0 Å². The summed E-state index contributed by atoms with van der Waals surface area (Å²) in [5.41, 5.74) is 2.18. The van der Waals surface area contributed by atoms with Crippen molar-refractivity contribution in [1.82, 2.24) is 9.80 Å². The Morgan fingerprint density at radius 3 is 2.64 bits per heavy atom. The van der Waals surface area contributed by atoms with Gasteiger partial charge >= 0.3 is 0 Å². The summed E-state index contributed by atoms with van der Waals surface area (Å²) < 4.78 is 0. The molecule has 154 valence electrons. The molecular weight excluding hydrogens is 352 g/mol. The van der Waals surface area contributed by atoms with Gasteiger partial charge in [0.25, 0.3) is 0 Å². The Kier molecular flexibility index (Phi) is 7.24. The van der Waals surface area contributed by atoms with Crippen LogP contribution in [-0.4, -0.2) is 65.9 Å². The second kappa shape index (κ2) is 9.66. The fourth-order valence-corrected chi connectivity index (χ4v) is 4.75. The van der Waals surface area contributed by atoms with Crippen molar-refractivity contribution in [2.24, 2.45) is 5.41 Å². The number of Topliss-reactive ketones (excluding diaryl/α,β-unsaturated/α-hetero) is 1. The SMILES string of the molecule is Cc1ccc(C(=O)CCCN2CCC[C@]3(CCC(=O)N(CCCO)C3)C2)cc1. The van der Waals surface area contributed by atoms with E-state index in [1.807, 2.05) is 36.1 Å². The third-order valence-electron chi connectivity index (χ3n) is 6.33. The van der Waals surface area contributed by atoms with Crippen LogP contribution < -0.4 is 0 Å². The minimum absolute atomic E-state index is 0.137. The van der Waals surface area contributed by atoms with E-state index in [0.29, 0.717) is 25.8 Å². The van der Waals surface area contributed by atoms with Gasteiger partial charge in [-0.3, -0.25) is 9.59 Å². The van der Waals surface area contributed by atoms with Crippen molar-refractivity contribution >= 4 is 11.7 Å². The highest BCUT2D eigenvalue weighted by Gasteiger charge is 2.41. The maximum atomic E-state index is 12.4. The molecule has 1 atom stereocenters. The lowest BCUT2D eigenvalue weighted by Gasteiger charge is -2.48. The minimum Gasteiger partial charge on any atom is -0.396 e. The summed E-state index contributed by atoms with van der Waals surface area (Å²) >= 11 is 0. The zero-order chi connectivity index (χ0) is 20.0. The number of aryl methyl sites for hydroxylation is 1. The van der Waals surface area contributed by atoms with Crippen molar-refractivity contribution in [2.75, 3.05) is 39.3 Å². The van der Waals surface area contributed by atoms with Crippen molar-refractivity contribution in [3.8, 4) is 0 Å². The molecule has 3 rings (SSSR count). The van der Waals surface area contributed by atoms with E-state index in [1.165, 1.54) is 12.0 Å². The minimum atomic E-state index is 0.137. The molecule has 2 heterocycles. The van der Waals surface area contributed by atoms with Crippen molar-refractivity contribution < 1.29 is 14.7 Å². The van der Waals surface area contributed by atoms with Crippen LogP contribution in [0.15, 0.2) is 24.3 Å². The van der Waals surface area contributed by atoms with Gasteiger partial charge in [-0.1, -0.05) is 29.8 Å². The van der Waals surface area contributed by atoms with Crippen LogP contribution >= 0.6 is 0 Å². The second-order valence-electron chi connectivity index (χ2n) is 8.66. The monoisotopic (exact) mass is 386 g/mol. The summed E-state index contributed by atoms with van der Waals surface area (Å²) in [6.45, 7) is 6.72. The van der Waals surface area contributed by atoms with Crippen LogP contribution in [0.3, 0.4) is 0 Å². The van der Waals surface area contributed by atoms with Crippen LogP contribution in [0.25, 0.3) is 0 Å². The third-order valence-corrected chi connectivity index (χ3v) is 6.33. The molecule has 5 nitrogen and oxygen atoms in total. The predicted molar refractivity (Wildman–Crippen MR) is 110 cm³/mol. The number of nitrogens with zero attached hydrogens (tertiary/aromatic N) is 2. The topological polar surface area (TPSA) is 60.9 Å². The lowest BCUT2D eigenvalue weighted by atomic mass is 9.73. The summed E-state index contributed by atoms with van der Waals surface area (Å²) in [6.07, 6.45) is 6.07. The highest BCUT2D eigenvalue weighted by Crippen LogP contribution is 2.39. The number of aliphatic hydroxyl groups is 1. The molecule has 0 radical (unpaired) electrons. The zero-order valence-electron chi connectivity index (χ0n) is 17.2. The van der Waals surface area contributed by atoms with Crippen LogP contribution in [0.4, 0.5) is 0 Å². The number of hydrogen-bond donors (Lipinski definition) is 1. The molecule has 0 unspecified atom stereocenters. The fraction of sp³-hybridized carbons (Fsp3) is 0.652. The van der Waals surface area contributed by atoms with Crippen molar-refractivity contribution in [3.05, 3.63) is 35.4 Å². The number of likely N-dealkylation sites (tertiary alicyclic amines) is 2. The molecule has 2 fully saturated rings. The number of ketones is 1. The Bertz CT molecular complexity index is 673. The molecule has 0 bridgehead atoms. The van der Waals surface area contributed by atoms with E-state index in [4.69, 9.17) is 5.11 Å². The van der Waals surface area contributed by atoms with Gasteiger partial charge in [0.1, 0.15) is 0 Å². The second-order valence-corrected chi connectivity index (χ2v) is 8.66. The first-order chi connectivity index (χ1) is 13.5. The maximum Gasteiger partial charge on any atom is 0.222 e. The van der Waals surface area contributed by atoms with Crippen LogP contribution in [0.2, 0.25) is 0 Å². The number of carbonyl (C=O) groups excluding carboxylic acids is 2. The Labute approximate surface area is 168 Å². The molecule has 28 heavy (non-hydrogen) atoms. The lowest BCUT2D eigenvalue weighted by molar-refractivity contribution is -0.139. The Hall–Kier alpha value is -1.72. The summed E-state index contributed by atoms with van der Waals surface area (Å²) in [7, 11) is 0. The smallest absolute Gasteiger partial charge is 0.222 e. The Balaban J connectivity index is 1.48. The molecule has 1 aromatic carbocycles. The van der Waals surface area contributed by atoms with E-state index in [2.05, 4.69) is 4.90 Å². The van der Waals surface area contributed by atoms with Gasteiger partial charge in [0.2, 0.25) is 5.91 Å². The summed E-state index contributed by atoms with van der Waals surface area (Å²) in [5.74, 6) is 0.463. The van der Waals surface area contributed by atoms with E-state index in [-0.39, 0.29) is 23.7 Å². The van der Waals surface area contributed by atoms with Crippen molar-refractivity contribution in [2.45, 2.75) is 51.9 Å². The molecule has 0 saturated carbocycles. The van der Waals surface area contributed by atoms with Gasteiger partial charge in [-0.15, -0.1) is 0 Å². The van der Waals surface area contributed by atoms with E-state index in [9.17, 15) is 9.59 Å². The number of amides is 1. The molecule has 2 aliphatic heterocycles. The molecule has 0 aliphatic carbocycles. The van der Waals surface area contributed by atoms with Crippen LogP contribution in [0, 0.1) is 12.3 Å². The van der Waals surface area contributed by atoms with E-state index in [0.717, 1.165) is 51.0 Å². The maximum absolute atomic E-state index is 12.4. The fourth-order valence-electron chi connectivity index (χ4n) is 4.75. The van der Waals surface area contributed by atoms with Crippen LogP contribution in [0.1, 0.15) is 60.9 Å². The normalized spacial score (nSPS) is 23.4. The van der Waals surface area contributed by atoms with Gasteiger partial charge in [0.05, 0.1) is 0 Å². The lowest BCUT2D eigenvalue weighted by Crippen LogP contribution is -2.54. The molecule has 1 aromatic rings. The number of benzene rings is 1. The number of aliphatic hydroxyl groups excluding tert-OH is 1. The van der Waals surface area contributed by atoms with E-state index >= 15 is 0 Å². The van der Waals surface area contributed by atoms with Crippen molar-refractivity contribution in [3.63, 3.8) is 0 Å². The first-order valence-electron chi connectivity index (χ1n) is 10.7. The Morgan fingerprint density at radius 2 is 1.89 bits per heavy atom. The first kappa shape index (κ1) is 21.0. The first-order valence-corrected chi connectivity index (χ1v) is 10.7. The van der Waals surface area contributed by atoms with Gasteiger partial charge in [0.15, 0.2) is 5.78 Å². The largest absolute Gasteiger partial charge is 0.396 e. The quantitative estimate of drug-likeness (QED) is 0.698. The summed E-state index contributed by atoms with van der Waals surface area (Å²) in [5, 5.41) is 9.09. The van der Waals surface area contributed by atoms with Gasteiger partial charge < -0.3 is 14.9 Å². The molecular formula is C23H34N2O3. The van der Waals surface area contributed by atoms with Crippen LogP contribution in [-0.2, 0) is 4.79 Å². The summed E-state index contributed by atoms with van der Waals surface area (Å²) in [4.78, 5) is 29.0. The van der Waals surface area contributed by atoms with Gasteiger partial charge in [0, 0.05) is 50.1 Å². The van der Waals surface area contributed by atoms with Gasteiger partial charge in [-0.2, -0.15) is 0 Å². The number of piperidine rings is 2. The zero-order valence-corrected chi connectivity index (χ0v) is 17.2. The van der Waals surface area contributed by atoms with E-state index < -0.39 is 0 Å². The average Bonchev–Trinajstić information content (AvgIpc) is 2.69. The average molecular weight is 387 g/mol. The third kappa shape index (κ3) is 5.42. The number of carbonyl (C=O) groups is 2. The summed E-state index contributed by atoms with van der Waals surface area (Å²) in [6, 6.07) is 7.84. The number of hydrogen-bond acceptors (Lipinski definition) is 4. The Morgan fingerprint density at radius 1 is 1.11 bits per heavy atom. The number of rotatable bonds is 8. The molecule has 0 aromatic heterocycles. The molecule has 1 spiro atoms. The van der Waals surface area contributed by atoms with E-state index in [1.54, 1.807) is 0 Å². The molecule has 1 N–H and O–H groups in total. The van der Waals surface area contributed by atoms with Gasteiger partial charge in [-0.25, -0.2) is 0 Å². The molecule has 1 amide bonds. The molecule has 2 saturated heterocycles.